The number of ketones is 1. The molecule has 0 aromatic carbocycles. The summed E-state index contributed by atoms with van der Waals surface area (Å²) in [4.78, 5) is 57.9. The molecular formula is C17H26O11. The van der Waals surface area contributed by atoms with E-state index in [2.05, 4.69) is 4.74 Å². The first-order chi connectivity index (χ1) is 13.0. The molecule has 0 heterocycles. The Kier molecular flexibility index (Phi) is 11.6. The Morgan fingerprint density at radius 3 is 1.71 bits per heavy atom. The van der Waals surface area contributed by atoms with Crippen molar-refractivity contribution < 1.29 is 53.1 Å². The average Bonchev–Trinajstić information content (AvgIpc) is 2.57. The molecule has 0 rings (SSSR count). The Morgan fingerprint density at radius 2 is 1.29 bits per heavy atom. The van der Waals surface area contributed by atoms with Crippen LogP contribution in [0.15, 0.2) is 0 Å². The van der Waals surface area contributed by atoms with E-state index in [9.17, 15) is 29.1 Å². The summed E-state index contributed by atoms with van der Waals surface area (Å²) in [6.45, 7) is 3.14. The van der Waals surface area contributed by atoms with Crippen molar-refractivity contribution in [3.05, 3.63) is 0 Å². The Labute approximate surface area is 161 Å². The minimum Gasteiger partial charge on any atom is -0.463 e. The Bertz CT molecular complexity index is 571. The van der Waals surface area contributed by atoms with Crippen LogP contribution in [0.2, 0.25) is 0 Å². The second-order valence-corrected chi connectivity index (χ2v) is 5.84. The molecule has 0 aliphatic carbocycles. The molecule has 160 valence electrons. The third-order valence-corrected chi connectivity index (χ3v) is 3.25. The summed E-state index contributed by atoms with van der Waals surface area (Å²) in [5.74, 6) is -4.16. The maximum absolute atomic E-state index is 12.5. The van der Waals surface area contributed by atoms with Gasteiger partial charge >= 0.3 is 23.9 Å². The lowest BCUT2D eigenvalue weighted by molar-refractivity contribution is -0.197. The number of aliphatic hydroxyl groups excluding tert-OH is 2. The maximum atomic E-state index is 12.5. The van der Waals surface area contributed by atoms with Crippen LogP contribution >= 0.6 is 0 Å². The highest BCUT2D eigenvalue weighted by molar-refractivity contribution is 5.86. The van der Waals surface area contributed by atoms with Crippen LogP contribution in [0.3, 0.4) is 0 Å². The molecule has 0 bridgehead atoms. The highest BCUT2D eigenvalue weighted by Gasteiger charge is 2.44. The van der Waals surface area contributed by atoms with Crippen LogP contribution < -0.4 is 0 Å². The molecule has 11 heteroatoms. The Balaban J connectivity index is 5.92. The van der Waals surface area contributed by atoms with E-state index in [0.717, 1.165) is 27.7 Å². The number of carbonyl (C=O) groups excluding carboxylic acids is 5. The molecule has 0 saturated heterocycles. The molecule has 0 aliphatic heterocycles. The fourth-order valence-corrected chi connectivity index (χ4v) is 2.24. The number of hydrogen-bond donors (Lipinski definition) is 2. The van der Waals surface area contributed by atoms with Crippen molar-refractivity contribution in [2.45, 2.75) is 65.0 Å². The van der Waals surface area contributed by atoms with Gasteiger partial charge in [-0.3, -0.25) is 24.0 Å². The quantitative estimate of drug-likeness (QED) is 0.303. The average molecular weight is 406 g/mol. The summed E-state index contributed by atoms with van der Waals surface area (Å²) in [7, 11) is 0. The topological polar surface area (TPSA) is 163 Å². The van der Waals surface area contributed by atoms with E-state index < -0.39 is 60.7 Å². The van der Waals surface area contributed by atoms with E-state index in [1.165, 1.54) is 0 Å². The molecular weight excluding hydrogens is 380 g/mol. The summed E-state index contributed by atoms with van der Waals surface area (Å²) in [6, 6.07) is 0. The van der Waals surface area contributed by atoms with Crippen molar-refractivity contribution in [3.63, 3.8) is 0 Å². The Hall–Kier alpha value is -2.53. The number of ether oxygens (including phenoxy) is 4. The molecule has 4 atom stereocenters. The maximum Gasteiger partial charge on any atom is 0.303 e. The molecule has 0 aliphatic rings. The van der Waals surface area contributed by atoms with Crippen LogP contribution in [0.1, 0.15) is 40.5 Å². The lowest BCUT2D eigenvalue weighted by Gasteiger charge is -2.33. The zero-order valence-electron chi connectivity index (χ0n) is 16.2. The summed E-state index contributed by atoms with van der Waals surface area (Å²) in [6.07, 6.45) is -6.99. The normalized spacial score (nSPS) is 14.8. The minimum absolute atomic E-state index is 0.0393. The van der Waals surface area contributed by atoms with Gasteiger partial charge in [0.1, 0.15) is 12.7 Å². The number of carbonyl (C=O) groups is 5. The van der Waals surface area contributed by atoms with Gasteiger partial charge in [-0.2, -0.15) is 0 Å². The van der Waals surface area contributed by atoms with Crippen LogP contribution in [0.4, 0.5) is 0 Å². The van der Waals surface area contributed by atoms with Gasteiger partial charge in [-0.05, 0) is 6.42 Å². The summed E-state index contributed by atoms with van der Waals surface area (Å²) in [5.41, 5.74) is 0. The first-order valence-electron chi connectivity index (χ1n) is 8.46. The van der Waals surface area contributed by atoms with Gasteiger partial charge in [0.05, 0.1) is 0 Å². The Morgan fingerprint density at radius 1 is 0.786 bits per heavy atom. The van der Waals surface area contributed by atoms with Gasteiger partial charge in [0.2, 0.25) is 6.10 Å². The van der Waals surface area contributed by atoms with Crippen molar-refractivity contribution >= 4 is 29.7 Å². The van der Waals surface area contributed by atoms with Crippen LogP contribution in [0.5, 0.6) is 0 Å². The molecule has 2 N–H and O–H groups in total. The number of aliphatic hydroxyl groups is 2. The molecule has 0 aromatic heterocycles. The van der Waals surface area contributed by atoms with Gasteiger partial charge in [0.15, 0.2) is 18.0 Å². The molecule has 28 heavy (non-hydrogen) atoms. The van der Waals surface area contributed by atoms with Gasteiger partial charge in [-0.25, -0.2) is 0 Å². The third-order valence-electron chi connectivity index (χ3n) is 3.25. The van der Waals surface area contributed by atoms with Crippen LogP contribution in [0.25, 0.3) is 0 Å². The van der Waals surface area contributed by atoms with Gasteiger partial charge in [0, 0.05) is 40.7 Å². The summed E-state index contributed by atoms with van der Waals surface area (Å²) in [5, 5.41) is 19.2. The highest BCUT2D eigenvalue weighted by Crippen LogP contribution is 2.20. The van der Waals surface area contributed by atoms with E-state index >= 15 is 0 Å². The van der Waals surface area contributed by atoms with E-state index in [-0.39, 0.29) is 19.4 Å². The number of rotatable bonds is 12. The lowest BCUT2D eigenvalue weighted by Crippen LogP contribution is -2.54. The van der Waals surface area contributed by atoms with E-state index in [0.29, 0.717) is 0 Å². The minimum atomic E-state index is -1.72. The van der Waals surface area contributed by atoms with Crippen molar-refractivity contribution in [3.8, 4) is 0 Å². The van der Waals surface area contributed by atoms with E-state index in [1.807, 2.05) is 0 Å². The SMILES string of the molecule is CC(=O)OC[C@@H](O)[C@@H](OC(C)=O)[C@H](OC(C)=O)[C@@H](OC(C)=O)C(=O)CCCO. The van der Waals surface area contributed by atoms with Gasteiger partial charge in [0.25, 0.3) is 0 Å². The molecule has 0 amide bonds. The molecule has 0 fully saturated rings. The zero-order chi connectivity index (χ0) is 21.9. The monoisotopic (exact) mass is 406 g/mol. The largest absolute Gasteiger partial charge is 0.463 e. The predicted octanol–water partition coefficient (Wildman–Crippen LogP) is -0.953. The lowest BCUT2D eigenvalue weighted by atomic mass is 9.97. The molecule has 0 aromatic rings. The standard InChI is InChI=1S/C17H26O11/c1-9(19)25-8-14(24)16(27-11(3)21)17(28-12(4)22)15(26-10(2)20)13(23)6-5-7-18/h14-18,24H,5-8H2,1-4H3/t14-,15+,16-,17-/m1/s1. The molecule has 0 saturated carbocycles. The van der Waals surface area contributed by atoms with Crippen LogP contribution in [-0.2, 0) is 42.9 Å². The van der Waals surface area contributed by atoms with E-state index in [4.69, 9.17) is 19.3 Å². The number of esters is 4. The van der Waals surface area contributed by atoms with Crippen molar-refractivity contribution in [2.75, 3.05) is 13.2 Å². The van der Waals surface area contributed by atoms with Crippen molar-refractivity contribution in [2.24, 2.45) is 0 Å². The van der Waals surface area contributed by atoms with Gasteiger partial charge in [-0.1, -0.05) is 0 Å². The fraction of sp³-hybridized carbons (Fsp3) is 0.706. The predicted molar refractivity (Wildman–Crippen MR) is 90.6 cm³/mol. The zero-order valence-corrected chi connectivity index (χ0v) is 16.2. The second kappa shape index (κ2) is 12.8. The second-order valence-electron chi connectivity index (χ2n) is 5.84. The summed E-state index contributed by atoms with van der Waals surface area (Å²) < 4.78 is 19.6. The van der Waals surface area contributed by atoms with E-state index in [1.54, 1.807) is 0 Å². The van der Waals surface area contributed by atoms with Gasteiger partial charge < -0.3 is 29.2 Å². The first-order valence-corrected chi connectivity index (χ1v) is 8.46. The number of hydrogen-bond acceptors (Lipinski definition) is 11. The summed E-state index contributed by atoms with van der Waals surface area (Å²) >= 11 is 0. The molecule has 0 spiro atoms. The molecule has 0 unspecified atom stereocenters. The smallest absolute Gasteiger partial charge is 0.303 e. The van der Waals surface area contributed by atoms with Crippen molar-refractivity contribution in [1.29, 1.82) is 0 Å². The van der Waals surface area contributed by atoms with Crippen LogP contribution in [-0.4, -0.2) is 77.5 Å². The highest BCUT2D eigenvalue weighted by atomic mass is 16.6. The third kappa shape index (κ3) is 9.97. The number of Topliss-reactive ketones (excluding diaryl/α,β-unsaturated/α-hetero) is 1. The van der Waals surface area contributed by atoms with Crippen molar-refractivity contribution in [1.82, 2.24) is 0 Å². The molecule has 0 radical (unpaired) electrons. The van der Waals surface area contributed by atoms with Crippen LogP contribution in [0, 0.1) is 0 Å². The molecule has 11 nitrogen and oxygen atoms in total. The van der Waals surface area contributed by atoms with Gasteiger partial charge in [-0.15, -0.1) is 0 Å². The fourth-order valence-electron chi connectivity index (χ4n) is 2.24. The first kappa shape index (κ1) is 25.5.